The molecule has 0 aliphatic rings. The van der Waals surface area contributed by atoms with Crippen molar-refractivity contribution in [1.29, 1.82) is 0 Å². The van der Waals surface area contributed by atoms with Crippen molar-refractivity contribution in [3.05, 3.63) is 22.8 Å². The summed E-state index contributed by atoms with van der Waals surface area (Å²) in [7, 11) is 0. The molecule has 1 rings (SSSR count). The van der Waals surface area contributed by atoms with Crippen molar-refractivity contribution in [3.63, 3.8) is 0 Å². The van der Waals surface area contributed by atoms with Gasteiger partial charge >= 0.3 is 0 Å². The van der Waals surface area contributed by atoms with Crippen LogP contribution < -0.4 is 10.6 Å². The first kappa shape index (κ1) is 14.3. The number of pyridine rings is 1. The van der Waals surface area contributed by atoms with Gasteiger partial charge in [0.05, 0.1) is 0 Å². The number of hydrogen-bond donors (Lipinski definition) is 2. The van der Waals surface area contributed by atoms with Crippen LogP contribution >= 0.6 is 28.1 Å². The van der Waals surface area contributed by atoms with Crippen LogP contribution in [0.2, 0.25) is 0 Å². The van der Waals surface area contributed by atoms with Crippen LogP contribution in [0, 0.1) is 0 Å². The van der Waals surface area contributed by atoms with Crippen molar-refractivity contribution in [1.82, 2.24) is 10.3 Å². The Hall–Kier alpha value is -0.720. The molecular formula is C11H16BrN3OS. The molecule has 1 heterocycles. The largest absolute Gasteiger partial charge is 0.382 e. The monoisotopic (exact) mass is 317 g/mol. The molecule has 2 N–H and O–H groups in total. The van der Waals surface area contributed by atoms with Crippen molar-refractivity contribution >= 4 is 39.1 Å². The minimum absolute atomic E-state index is 0.580. The first-order chi connectivity index (χ1) is 8.22. The van der Waals surface area contributed by atoms with Crippen LogP contribution in [0.5, 0.6) is 0 Å². The molecule has 1 aromatic heterocycles. The van der Waals surface area contributed by atoms with Crippen molar-refractivity contribution in [2.45, 2.75) is 13.3 Å². The fraction of sp³-hybridized carbons (Fsp3) is 0.455. The lowest BCUT2D eigenvalue weighted by Crippen LogP contribution is -2.30. The van der Waals surface area contributed by atoms with Crippen molar-refractivity contribution in [2.75, 3.05) is 25.1 Å². The van der Waals surface area contributed by atoms with E-state index in [0.717, 1.165) is 36.5 Å². The van der Waals surface area contributed by atoms with Crippen LogP contribution in [0.1, 0.15) is 13.3 Å². The fourth-order valence-electron chi connectivity index (χ4n) is 1.13. The summed E-state index contributed by atoms with van der Waals surface area (Å²) < 4.78 is 6.17. The van der Waals surface area contributed by atoms with Crippen LogP contribution in [0.4, 0.5) is 5.82 Å². The number of hydrogen-bond acceptors (Lipinski definition) is 3. The van der Waals surface area contributed by atoms with E-state index in [1.165, 1.54) is 0 Å². The van der Waals surface area contributed by atoms with Crippen molar-refractivity contribution < 1.29 is 4.74 Å². The normalized spacial score (nSPS) is 10.0. The third-order valence-corrected chi connectivity index (χ3v) is 2.64. The summed E-state index contributed by atoms with van der Waals surface area (Å²) in [5.74, 6) is 0.732. The zero-order valence-corrected chi connectivity index (χ0v) is 12.1. The van der Waals surface area contributed by atoms with E-state index in [-0.39, 0.29) is 0 Å². The van der Waals surface area contributed by atoms with Gasteiger partial charge in [-0.1, -0.05) is 0 Å². The molecule has 0 amide bonds. The molecule has 0 saturated carbocycles. The fourth-order valence-corrected chi connectivity index (χ4v) is 1.57. The molecule has 17 heavy (non-hydrogen) atoms. The van der Waals surface area contributed by atoms with Gasteiger partial charge in [0.25, 0.3) is 0 Å². The zero-order chi connectivity index (χ0) is 12.5. The number of nitrogens with one attached hydrogen (secondary N) is 2. The van der Waals surface area contributed by atoms with Crippen LogP contribution in [0.25, 0.3) is 0 Å². The summed E-state index contributed by atoms with van der Waals surface area (Å²) in [5.41, 5.74) is 0. The van der Waals surface area contributed by atoms with Crippen molar-refractivity contribution in [3.8, 4) is 0 Å². The molecule has 0 spiro atoms. The van der Waals surface area contributed by atoms with Gasteiger partial charge in [0.2, 0.25) is 0 Å². The molecule has 94 valence electrons. The number of ether oxygens (including phenoxy) is 1. The minimum Gasteiger partial charge on any atom is -0.382 e. The summed E-state index contributed by atoms with van der Waals surface area (Å²) in [6, 6.07) is 3.77. The van der Waals surface area contributed by atoms with E-state index in [4.69, 9.17) is 17.0 Å². The van der Waals surface area contributed by atoms with E-state index in [0.29, 0.717) is 5.11 Å². The van der Waals surface area contributed by atoms with Crippen LogP contribution in [-0.2, 0) is 4.74 Å². The maximum atomic E-state index is 5.23. The highest BCUT2D eigenvalue weighted by Gasteiger charge is 1.98. The molecule has 1 aromatic rings. The van der Waals surface area contributed by atoms with Gasteiger partial charge in [-0.05, 0) is 53.6 Å². The molecule has 0 atom stereocenters. The van der Waals surface area contributed by atoms with E-state index in [9.17, 15) is 0 Å². The Morgan fingerprint density at radius 1 is 1.53 bits per heavy atom. The van der Waals surface area contributed by atoms with Gasteiger partial charge in [0.1, 0.15) is 5.82 Å². The van der Waals surface area contributed by atoms with Gasteiger partial charge in [-0.25, -0.2) is 4.98 Å². The first-order valence-corrected chi connectivity index (χ1v) is 6.66. The van der Waals surface area contributed by atoms with Gasteiger partial charge in [-0.3, -0.25) is 0 Å². The maximum absolute atomic E-state index is 5.23. The second kappa shape index (κ2) is 8.38. The second-order valence-electron chi connectivity index (χ2n) is 3.29. The van der Waals surface area contributed by atoms with E-state index < -0.39 is 0 Å². The van der Waals surface area contributed by atoms with E-state index in [1.54, 1.807) is 6.20 Å². The number of thiocarbonyl (C=S) groups is 1. The average Bonchev–Trinajstić information content (AvgIpc) is 2.32. The molecule has 0 aliphatic carbocycles. The summed E-state index contributed by atoms with van der Waals surface area (Å²) in [6.07, 6.45) is 2.66. The summed E-state index contributed by atoms with van der Waals surface area (Å²) in [6.45, 7) is 4.29. The number of halogens is 1. The SMILES string of the molecule is CCOCCCNC(=S)Nc1ccc(Br)cn1. The standard InChI is InChI=1S/C11H16BrN3OS/c1-2-16-7-3-6-13-11(17)15-10-5-4-9(12)8-14-10/h4-5,8H,2-3,6-7H2,1H3,(H2,13,14,15,17). The van der Waals surface area contributed by atoms with Gasteiger partial charge < -0.3 is 15.4 Å². The Morgan fingerprint density at radius 2 is 2.35 bits per heavy atom. The Balaban J connectivity index is 2.18. The number of nitrogens with zero attached hydrogens (tertiary/aromatic N) is 1. The van der Waals surface area contributed by atoms with Crippen LogP contribution in [0.15, 0.2) is 22.8 Å². The lowest BCUT2D eigenvalue weighted by molar-refractivity contribution is 0.146. The first-order valence-electron chi connectivity index (χ1n) is 5.46. The maximum Gasteiger partial charge on any atom is 0.171 e. The predicted molar refractivity (Wildman–Crippen MR) is 77.3 cm³/mol. The highest BCUT2D eigenvalue weighted by molar-refractivity contribution is 9.10. The molecule has 0 aliphatic heterocycles. The van der Waals surface area contributed by atoms with Gasteiger partial charge in [0.15, 0.2) is 5.11 Å². The van der Waals surface area contributed by atoms with E-state index in [2.05, 4.69) is 31.5 Å². The summed E-state index contributed by atoms with van der Waals surface area (Å²) in [5, 5.41) is 6.68. The molecule has 0 unspecified atom stereocenters. The summed E-state index contributed by atoms with van der Waals surface area (Å²) in [4.78, 5) is 4.17. The van der Waals surface area contributed by atoms with Gasteiger partial charge in [-0.15, -0.1) is 0 Å². The highest BCUT2D eigenvalue weighted by Crippen LogP contribution is 2.10. The number of rotatable bonds is 6. The summed E-state index contributed by atoms with van der Waals surface area (Å²) >= 11 is 8.46. The number of aromatic nitrogens is 1. The Bertz CT molecular complexity index is 345. The molecule has 4 nitrogen and oxygen atoms in total. The molecule has 0 aromatic carbocycles. The topological polar surface area (TPSA) is 46.2 Å². The van der Waals surface area contributed by atoms with E-state index >= 15 is 0 Å². The molecule has 0 radical (unpaired) electrons. The highest BCUT2D eigenvalue weighted by atomic mass is 79.9. The van der Waals surface area contributed by atoms with Crippen LogP contribution in [-0.4, -0.2) is 29.9 Å². The second-order valence-corrected chi connectivity index (χ2v) is 4.62. The van der Waals surface area contributed by atoms with Gasteiger partial charge in [-0.2, -0.15) is 0 Å². The van der Waals surface area contributed by atoms with Crippen LogP contribution in [0.3, 0.4) is 0 Å². The third kappa shape index (κ3) is 6.55. The lowest BCUT2D eigenvalue weighted by atomic mass is 10.4. The quantitative estimate of drug-likeness (QED) is 0.623. The molecule has 6 heteroatoms. The number of anilines is 1. The zero-order valence-electron chi connectivity index (χ0n) is 9.70. The van der Waals surface area contributed by atoms with Crippen molar-refractivity contribution in [2.24, 2.45) is 0 Å². The third-order valence-electron chi connectivity index (χ3n) is 1.92. The average molecular weight is 318 g/mol. The molecule has 0 fully saturated rings. The Labute approximate surface area is 115 Å². The lowest BCUT2D eigenvalue weighted by Gasteiger charge is -2.09. The smallest absolute Gasteiger partial charge is 0.171 e. The van der Waals surface area contributed by atoms with Gasteiger partial charge in [0, 0.05) is 30.4 Å². The molecule has 0 saturated heterocycles. The predicted octanol–water partition coefficient (Wildman–Crippen LogP) is 2.56. The minimum atomic E-state index is 0.580. The molecular weight excluding hydrogens is 302 g/mol. The Kier molecular flexibility index (Phi) is 7.07. The van der Waals surface area contributed by atoms with E-state index in [1.807, 2.05) is 19.1 Å². The Morgan fingerprint density at radius 3 is 3.00 bits per heavy atom. The molecule has 0 bridgehead atoms.